The molecule has 1 fully saturated rings. The Balaban J connectivity index is 1.54. The Morgan fingerprint density at radius 2 is 1.54 bits per heavy atom. The van der Waals surface area contributed by atoms with Gasteiger partial charge in [0.1, 0.15) is 11.5 Å². The van der Waals surface area contributed by atoms with E-state index in [0.29, 0.717) is 12.0 Å². The van der Waals surface area contributed by atoms with E-state index in [-0.39, 0.29) is 6.10 Å². The fraction of sp³-hybridized carbons (Fsp3) is 0.455. The maximum Gasteiger partial charge on any atom is 0.122 e. The highest BCUT2D eigenvalue weighted by Gasteiger charge is 2.23. The van der Waals surface area contributed by atoms with Gasteiger partial charge in [-0.15, -0.1) is 0 Å². The number of ether oxygens (including phenoxy) is 2. The predicted octanol–water partition coefficient (Wildman–Crippen LogP) is 5.89. The number of hydrogen-bond acceptors (Lipinski definition) is 2. The van der Waals surface area contributed by atoms with Gasteiger partial charge in [0, 0.05) is 0 Å². The monoisotopic (exact) mass is 324 g/mol. The van der Waals surface area contributed by atoms with E-state index in [1.165, 1.54) is 24.0 Å². The van der Waals surface area contributed by atoms with Crippen LogP contribution in [0.4, 0.5) is 0 Å². The molecule has 2 aromatic rings. The molecule has 0 aromatic heterocycles. The summed E-state index contributed by atoms with van der Waals surface area (Å²) in [6.07, 6.45) is 5.23. The van der Waals surface area contributed by atoms with Crippen LogP contribution in [0.25, 0.3) is 0 Å². The molecule has 128 valence electrons. The van der Waals surface area contributed by atoms with Crippen LogP contribution in [0, 0.1) is 6.92 Å². The Labute approximate surface area is 145 Å². The summed E-state index contributed by atoms with van der Waals surface area (Å²) in [7, 11) is 0. The van der Waals surface area contributed by atoms with Gasteiger partial charge in [0.2, 0.25) is 0 Å². The average Bonchev–Trinajstić information content (AvgIpc) is 2.58. The minimum absolute atomic E-state index is 0.227. The third kappa shape index (κ3) is 4.31. The van der Waals surface area contributed by atoms with Crippen molar-refractivity contribution < 1.29 is 9.47 Å². The van der Waals surface area contributed by atoms with E-state index in [9.17, 15) is 0 Å². The van der Waals surface area contributed by atoms with E-state index in [1.54, 1.807) is 0 Å². The topological polar surface area (TPSA) is 18.5 Å². The normalized spacial score (nSPS) is 20.8. The highest BCUT2D eigenvalue weighted by atomic mass is 16.5. The highest BCUT2D eigenvalue weighted by molar-refractivity contribution is 5.32. The second-order valence-corrected chi connectivity index (χ2v) is 7.09. The first-order valence-electron chi connectivity index (χ1n) is 9.10. The molecule has 0 N–H and O–H groups in total. The quantitative estimate of drug-likeness (QED) is 0.683. The molecule has 0 spiro atoms. The first kappa shape index (κ1) is 16.9. The molecule has 1 saturated carbocycles. The number of para-hydroxylation sites is 1. The van der Waals surface area contributed by atoms with Gasteiger partial charge in [-0.25, -0.2) is 0 Å². The molecule has 2 nitrogen and oxygen atoms in total. The van der Waals surface area contributed by atoms with E-state index in [0.717, 1.165) is 24.3 Å². The Morgan fingerprint density at radius 1 is 0.875 bits per heavy atom. The molecule has 2 aromatic carbocycles. The maximum atomic E-state index is 6.21. The van der Waals surface area contributed by atoms with Gasteiger partial charge in [-0.1, -0.05) is 30.3 Å². The van der Waals surface area contributed by atoms with E-state index in [2.05, 4.69) is 69.3 Å². The Bertz CT molecular complexity index is 637. The van der Waals surface area contributed by atoms with Gasteiger partial charge >= 0.3 is 0 Å². The second-order valence-electron chi connectivity index (χ2n) is 7.09. The van der Waals surface area contributed by atoms with Gasteiger partial charge in [-0.05, 0) is 81.7 Å². The minimum atomic E-state index is 0.227. The summed E-state index contributed by atoms with van der Waals surface area (Å²) in [5.41, 5.74) is 2.65. The standard InChI is InChI=1S/C22H28O2/c1-16(2)23-20-12-8-18(9-13-20)19-10-14-21(15-11-19)24-22-7-5-4-6-17(22)3/h4-9,12-13,16,19,21H,10-11,14-15H2,1-3H3. The fourth-order valence-electron chi connectivity index (χ4n) is 3.47. The molecule has 0 aliphatic heterocycles. The molecule has 2 heteroatoms. The summed E-state index contributed by atoms with van der Waals surface area (Å²) in [6, 6.07) is 17.0. The van der Waals surface area contributed by atoms with Crippen LogP contribution in [0.2, 0.25) is 0 Å². The van der Waals surface area contributed by atoms with Crippen molar-refractivity contribution in [3.63, 3.8) is 0 Å². The van der Waals surface area contributed by atoms with Crippen LogP contribution in [-0.2, 0) is 0 Å². The van der Waals surface area contributed by atoms with Crippen LogP contribution in [0.5, 0.6) is 11.5 Å². The summed E-state index contributed by atoms with van der Waals surface area (Å²) in [5, 5.41) is 0. The second kappa shape index (κ2) is 7.74. The van der Waals surface area contributed by atoms with E-state index in [1.807, 2.05) is 0 Å². The number of aryl methyl sites for hydroxylation is 1. The molecule has 24 heavy (non-hydrogen) atoms. The molecule has 0 saturated heterocycles. The van der Waals surface area contributed by atoms with Gasteiger partial charge in [0.25, 0.3) is 0 Å². The number of rotatable bonds is 5. The third-order valence-corrected chi connectivity index (χ3v) is 4.78. The lowest BCUT2D eigenvalue weighted by molar-refractivity contribution is 0.145. The van der Waals surface area contributed by atoms with Crippen molar-refractivity contribution in [3.8, 4) is 11.5 Å². The van der Waals surface area contributed by atoms with Crippen molar-refractivity contribution in [2.45, 2.75) is 64.6 Å². The van der Waals surface area contributed by atoms with Crippen molar-refractivity contribution in [2.75, 3.05) is 0 Å². The van der Waals surface area contributed by atoms with E-state index >= 15 is 0 Å². The molecule has 0 unspecified atom stereocenters. The third-order valence-electron chi connectivity index (χ3n) is 4.78. The zero-order valence-corrected chi connectivity index (χ0v) is 15.0. The maximum absolute atomic E-state index is 6.21. The summed E-state index contributed by atoms with van der Waals surface area (Å²) in [4.78, 5) is 0. The fourth-order valence-corrected chi connectivity index (χ4v) is 3.47. The number of hydrogen-bond donors (Lipinski definition) is 0. The van der Waals surface area contributed by atoms with Crippen molar-refractivity contribution in [1.29, 1.82) is 0 Å². The van der Waals surface area contributed by atoms with Crippen molar-refractivity contribution in [1.82, 2.24) is 0 Å². The predicted molar refractivity (Wildman–Crippen MR) is 99.0 cm³/mol. The van der Waals surface area contributed by atoms with Crippen molar-refractivity contribution in [3.05, 3.63) is 59.7 Å². The molecule has 1 aliphatic rings. The van der Waals surface area contributed by atoms with Crippen LogP contribution < -0.4 is 9.47 Å². The van der Waals surface area contributed by atoms with Crippen LogP contribution >= 0.6 is 0 Å². The lowest BCUT2D eigenvalue weighted by Gasteiger charge is -2.29. The molecule has 0 heterocycles. The molecule has 0 bridgehead atoms. The van der Waals surface area contributed by atoms with Crippen LogP contribution in [0.15, 0.2) is 48.5 Å². The Morgan fingerprint density at radius 3 is 2.17 bits per heavy atom. The largest absolute Gasteiger partial charge is 0.491 e. The molecule has 0 radical (unpaired) electrons. The molecule has 1 aliphatic carbocycles. The Hall–Kier alpha value is -1.96. The zero-order valence-electron chi connectivity index (χ0n) is 15.0. The Kier molecular flexibility index (Phi) is 5.44. The van der Waals surface area contributed by atoms with E-state index in [4.69, 9.17) is 9.47 Å². The average molecular weight is 324 g/mol. The highest BCUT2D eigenvalue weighted by Crippen LogP contribution is 2.35. The molecular formula is C22H28O2. The summed E-state index contributed by atoms with van der Waals surface area (Å²) in [5.74, 6) is 2.65. The van der Waals surface area contributed by atoms with E-state index < -0.39 is 0 Å². The minimum Gasteiger partial charge on any atom is -0.491 e. The zero-order chi connectivity index (χ0) is 16.9. The van der Waals surface area contributed by atoms with Crippen LogP contribution in [0.3, 0.4) is 0 Å². The summed E-state index contributed by atoms with van der Waals surface area (Å²) in [6.45, 7) is 6.23. The van der Waals surface area contributed by atoms with Gasteiger partial charge < -0.3 is 9.47 Å². The summed E-state index contributed by atoms with van der Waals surface area (Å²) >= 11 is 0. The van der Waals surface area contributed by atoms with Crippen LogP contribution in [0.1, 0.15) is 56.6 Å². The first-order valence-corrected chi connectivity index (χ1v) is 9.10. The van der Waals surface area contributed by atoms with Crippen LogP contribution in [-0.4, -0.2) is 12.2 Å². The van der Waals surface area contributed by atoms with Crippen molar-refractivity contribution in [2.24, 2.45) is 0 Å². The van der Waals surface area contributed by atoms with Gasteiger partial charge in [-0.2, -0.15) is 0 Å². The molecule has 0 amide bonds. The summed E-state index contributed by atoms with van der Waals surface area (Å²) < 4.78 is 11.9. The van der Waals surface area contributed by atoms with Gasteiger partial charge in [0.05, 0.1) is 12.2 Å². The smallest absolute Gasteiger partial charge is 0.122 e. The molecule has 3 rings (SSSR count). The lowest BCUT2D eigenvalue weighted by atomic mass is 9.82. The van der Waals surface area contributed by atoms with Gasteiger partial charge in [0.15, 0.2) is 0 Å². The van der Waals surface area contributed by atoms with Gasteiger partial charge in [-0.3, -0.25) is 0 Å². The lowest BCUT2D eigenvalue weighted by Crippen LogP contribution is -2.23. The van der Waals surface area contributed by atoms with Crippen molar-refractivity contribution >= 4 is 0 Å². The number of benzene rings is 2. The molecular weight excluding hydrogens is 296 g/mol. The first-order chi connectivity index (χ1) is 11.6. The molecule has 0 atom stereocenters. The SMILES string of the molecule is Cc1ccccc1OC1CCC(c2ccc(OC(C)C)cc2)CC1.